The summed E-state index contributed by atoms with van der Waals surface area (Å²) in [7, 11) is -2.37. The van der Waals surface area contributed by atoms with Crippen LogP contribution in [0, 0.1) is 0 Å². The Hall–Kier alpha value is -2.72. The lowest BCUT2D eigenvalue weighted by atomic mass is 9.87. The van der Waals surface area contributed by atoms with Gasteiger partial charge in [0, 0.05) is 70.0 Å². The number of anilines is 2. The fourth-order valence-corrected chi connectivity index (χ4v) is 6.77. The number of nitrogens with zero attached hydrogens (tertiary/aromatic N) is 5. The number of amides is 1. The highest BCUT2D eigenvalue weighted by atomic mass is 35.5. The quantitative estimate of drug-likeness (QED) is 0.277. The number of alkyl halides is 3. The molecule has 3 fully saturated rings. The highest BCUT2D eigenvalue weighted by Gasteiger charge is 2.36. The Morgan fingerprint density at radius 3 is 2.33 bits per heavy atom. The summed E-state index contributed by atoms with van der Waals surface area (Å²) in [6, 6.07) is 7.92. The third kappa shape index (κ3) is 6.13. The molecule has 4 heterocycles. The normalized spacial score (nSPS) is 21.5. The number of aromatic nitrogens is 1. The number of pyridine rings is 1. The van der Waals surface area contributed by atoms with Crippen molar-refractivity contribution >= 4 is 52.6 Å². The number of piperazine rings is 1. The van der Waals surface area contributed by atoms with Crippen LogP contribution in [-0.4, -0.2) is 99.9 Å². The molecule has 1 N–H and O–H groups in total. The average Bonchev–Trinajstić information content (AvgIpc) is 3.26. The van der Waals surface area contributed by atoms with Gasteiger partial charge < -0.3 is 24.7 Å². The van der Waals surface area contributed by atoms with Gasteiger partial charge in [0.15, 0.2) is 0 Å². The van der Waals surface area contributed by atoms with Gasteiger partial charge in [-0.15, -0.1) is 0 Å². The molecule has 1 unspecified atom stereocenters. The number of hydrogen-bond donors (Lipinski definition) is 1. The largest absolute Gasteiger partial charge is 0.416 e. The molecule has 1 aromatic heterocycles. The first-order valence-corrected chi connectivity index (χ1v) is 14.4. The van der Waals surface area contributed by atoms with Crippen LogP contribution in [0.3, 0.4) is 0 Å². The van der Waals surface area contributed by atoms with Crippen LogP contribution in [0.25, 0.3) is 0 Å². The average molecular weight is 598 g/mol. The van der Waals surface area contributed by atoms with E-state index in [0.717, 1.165) is 18.3 Å². The van der Waals surface area contributed by atoms with E-state index in [9.17, 15) is 31.2 Å². The van der Waals surface area contributed by atoms with E-state index in [1.54, 1.807) is 21.9 Å². The second-order valence-electron chi connectivity index (χ2n) is 9.93. The van der Waals surface area contributed by atoms with Crippen LogP contribution >= 0.6 is 11.6 Å². The van der Waals surface area contributed by atoms with Gasteiger partial charge in [-0.2, -0.15) is 17.5 Å². The Morgan fingerprint density at radius 2 is 1.70 bits per heavy atom. The number of carbonyl (C=O) groups is 2. The minimum atomic E-state index is -4.58. The van der Waals surface area contributed by atoms with Crippen molar-refractivity contribution < 1.29 is 31.2 Å². The van der Waals surface area contributed by atoms with Crippen molar-refractivity contribution in [3.05, 3.63) is 47.1 Å². The molecule has 2 aromatic rings. The maximum Gasteiger partial charge on any atom is 0.416 e. The number of sulfonamides is 1. The highest BCUT2D eigenvalue weighted by Crippen LogP contribution is 2.33. The summed E-state index contributed by atoms with van der Waals surface area (Å²) < 4.78 is 67.3. The molecule has 40 heavy (non-hydrogen) atoms. The topological polar surface area (TPSA) is 106 Å². The first-order valence-electron chi connectivity index (χ1n) is 12.6. The molecule has 0 saturated carbocycles. The molecule has 1 atom stereocenters. The molecule has 1 radical (unpaired) electrons. The van der Waals surface area contributed by atoms with Crippen molar-refractivity contribution in [1.29, 1.82) is 0 Å². The van der Waals surface area contributed by atoms with Crippen LogP contribution in [0.1, 0.15) is 12.0 Å². The van der Waals surface area contributed by atoms with Crippen LogP contribution in [0.2, 0.25) is 5.15 Å². The molecular weight excluding hydrogens is 572 g/mol. The van der Waals surface area contributed by atoms with Crippen LogP contribution in [-0.2, 0) is 25.8 Å². The van der Waals surface area contributed by atoms with Crippen molar-refractivity contribution in [1.82, 2.24) is 19.4 Å². The van der Waals surface area contributed by atoms with Crippen LogP contribution in [0.4, 0.5) is 24.7 Å². The minimum Gasteiger partial charge on any atom is -0.354 e. The van der Waals surface area contributed by atoms with Crippen molar-refractivity contribution in [3.8, 4) is 0 Å². The van der Waals surface area contributed by atoms with Crippen molar-refractivity contribution in [2.24, 2.45) is 0 Å². The zero-order valence-corrected chi connectivity index (χ0v) is 22.8. The van der Waals surface area contributed by atoms with Gasteiger partial charge in [-0.3, -0.25) is 4.79 Å². The maximum atomic E-state index is 13.3. The van der Waals surface area contributed by atoms with Gasteiger partial charge in [-0.1, -0.05) is 11.6 Å². The maximum absolute atomic E-state index is 13.3. The molecular formula is C24H26BClF3N6O4S. The van der Waals surface area contributed by atoms with Gasteiger partial charge in [0.1, 0.15) is 11.0 Å². The van der Waals surface area contributed by atoms with E-state index >= 15 is 0 Å². The molecule has 0 spiro atoms. The number of nitrogens with one attached hydrogen (secondary N) is 1. The zero-order chi connectivity index (χ0) is 28.7. The standard InChI is InChI=1S/C24H26BClF3N6O4S/c26-21-9-16(24(27,28)29)10-22(31-21)32-5-7-34(8-6-32)40(38,39)20-3-1-19(2-4-20)35-14-17(11-23(35)37)30-18-12-33(13-18)25-15-36/h1-4,9-10,15,17-18,30H,5-8,11-14H2. The van der Waals surface area contributed by atoms with Crippen molar-refractivity contribution in [2.75, 3.05) is 55.6 Å². The second kappa shape index (κ2) is 11.3. The molecule has 1 amide bonds. The van der Waals surface area contributed by atoms with E-state index in [1.165, 1.54) is 23.9 Å². The monoisotopic (exact) mass is 597 g/mol. The summed E-state index contributed by atoms with van der Waals surface area (Å²) in [4.78, 5) is 32.3. The number of hydrogen-bond acceptors (Lipinski definition) is 8. The zero-order valence-electron chi connectivity index (χ0n) is 21.2. The first-order chi connectivity index (χ1) is 18.9. The van der Waals surface area contributed by atoms with Crippen LogP contribution in [0.15, 0.2) is 41.3 Å². The lowest BCUT2D eigenvalue weighted by molar-refractivity contribution is -0.137. The Morgan fingerprint density at radius 1 is 1.02 bits per heavy atom. The Labute approximate surface area is 235 Å². The molecule has 3 aliphatic rings. The molecule has 0 aliphatic carbocycles. The first kappa shape index (κ1) is 28.8. The van der Waals surface area contributed by atoms with E-state index in [-0.39, 0.29) is 60.0 Å². The van der Waals surface area contributed by atoms with Crippen molar-refractivity contribution in [3.63, 3.8) is 0 Å². The highest BCUT2D eigenvalue weighted by molar-refractivity contribution is 7.89. The summed E-state index contributed by atoms with van der Waals surface area (Å²) in [5.74, 6) is -0.0265. The smallest absolute Gasteiger partial charge is 0.354 e. The van der Waals surface area contributed by atoms with Gasteiger partial charge in [-0.25, -0.2) is 13.4 Å². The predicted octanol–water partition coefficient (Wildman–Crippen LogP) is 1.45. The third-order valence-electron chi connectivity index (χ3n) is 7.23. The summed E-state index contributed by atoms with van der Waals surface area (Å²) >= 11 is 5.80. The van der Waals surface area contributed by atoms with Gasteiger partial charge in [0.25, 0.3) is 7.41 Å². The minimum absolute atomic E-state index is 0.0400. The van der Waals surface area contributed by atoms with Gasteiger partial charge >= 0.3 is 6.18 Å². The van der Waals surface area contributed by atoms with E-state index < -0.39 is 21.8 Å². The summed E-state index contributed by atoms with van der Waals surface area (Å²) in [6.07, 6.45) is -3.51. The molecule has 213 valence electrons. The molecule has 0 bridgehead atoms. The number of halogens is 4. The summed E-state index contributed by atoms with van der Waals surface area (Å²) in [6.45, 7) is 2.26. The van der Waals surface area contributed by atoms with Gasteiger partial charge in [-0.05, 0) is 36.4 Å². The fourth-order valence-electron chi connectivity index (χ4n) is 5.14. The predicted molar refractivity (Wildman–Crippen MR) is 143 cm³/mol. The summed E-state index contributed by atoms with van der Waals surface area (Å²) in [5, 5.41) is 3.14. The van der Waals surface area contributed by atoms with Crippen LogP contribution < -0.4 is 15.1 Å². The van der Waals surface area contributed by atoms with Gasteiger partial charge in [0.2, 0.25) is 15.9 Å². The second-order valence-corrected chi connectivity index (χ2v) is 12.3. The summed E-state index contributed by atoms with van der Waals surface area (Å²) in [5.41, 5.74) is -0.325. The lowest BCUT2D eigenvalue weighted by Crippen LogP contribution is -2.61. The Balaban J connectivity index is 1.18. The number of carbonyl (C=O) groups excluding carboxylic acids is 2. The van der Waals surface area contributed by atoms with E-state index in [0.29, 0.717) is 31.7 Å². The molecule has 10 nitrogen and oxygen atoms in total. The van der Waals surface area contributed by atoms with Crippen LogP contribution in [0.5, 0.6) is 0 Å². The Bertz CT molecular complexity index is 1370. The lowest BCUT2D eigenvalue weighted by Gasteiger charge is -2.40. The van der Waals surface area contributed by atoms with Crippen molar-refractivity contribution in [2.45, 2.75) is 29.6 Å². The molecule has 1 aromatic carbocycles. The SMILES string of the molecule is O=C[B]N1CC(NC2CC(=O)N(c3ccc(S(=O)(=O)N4CCN(c5cc(C(F)(F)F)cc(Cl)n5)CC4)cc3)C2)C1. The fraction of sp³-hybridized carbons (Fsp3) is 0.458. The van der Waals surface area contributed by atoms with E-state index in [4.69, 9.17) is 11.6 Å². The molecule has 5 rings (SSSR count). The van der Waals surface area contributed by atoms with Gasteiger partial charge in [0.05, 0.1) is 16.6 Å². The number of benzene rings is 1. The third-order valence-corrected chi connectivity index (χ3v) is 9.34. The van der Waals surface area contributed by atoms with E-state index in [1.807, 2.05) is 4.81 Å². The molecule has 3 saturated heterocycles. The molecule has 3 aliphatic heterocycles. The molecule has 16 heteroatoms. The number of rotatable bonds is 8. The Kier molecular flexibility index (Phi) is 8.12. The van der Waals surface area contributed by atoms with E-state index in [2.05, 4.69) is 10.3 Å².